The molecule has 0 aliphatic heterocycles. The molecule has 0 saturated heterocycles. The quantitative estimate of drug-likeness (QED) is 0.592. The molecule has 7 heteroatoms. The molecule has 1 aromatic carbocycles. The first-order chi connectivity index (χ1) is 9.69. The SMILES string of the molecule is CSc1cccc(Nc2c(C)c(Cl)nc3ncnn23)c1. The molecule has 0 atom stereocenters. The van der Waals surface area contributed by atoms with Gasteiger partial charge in [-0.2, -0.15) is 19.6 Å². The minimum absolute atomic E-state index is 0.425. The van der Waals surface area contributed by atoms with E-state index < -0.39 is 0 Å². The van der Waals surface area contributed by atoms with Crippen molar-refractivity contribution >= 4 is 40.6 Å². The smallest absolute Gasteiger partial charge is 0.255 e. The summed E-state index contributed by atoms with van der Waals surface area (Å²) in [6, 6.07) is 8.13. The Labute approximate surface area is 125 Å². The van der Waals surface area contributed by atoms with Crippen LogP contribution in [0, 0.1) is 6.92 Å². The van der Waals surface area contributed by atoms with Gasteiger partial charge in [0.25, 0.3) is 5.78 Å². The first kappa shape index (κ1) is 13.2. The van der Waals surface area contributed by atoms with Gasteiger partial charge in [0.2, 0.25) is 0 Å². The number of hydrogen-bond donors (Lipinski definition) is 1. The number of thioether (sulfide) groups is 1. The van der Waals surface area contributed by atoms with Gasteiger partial charge in [0.15, 0.2) is 0 Å². The molecular weight excluding hydrogens is 294 g/mol. The molecule has 102 valence electrons. The Morgan fingerprint density at radius 1 is 1.35 bits per heavy atom. The highest BCUT2D eigenvalue weighted by molar-refractivity contribution is 7.98. The Morgan fingerprint density at radius 2 is 2.20 bits per heavy atom. The summed E-state index contributed by atoms with van der Waals surface area (Å²) in [4.78, 5) is 9.43. The Balaban J connectivity index is 2.09. The molecule has 0 aliphatic rings. The third-order valence-corrected chi connectivity index (χ3v) is 4.03. The number of aromatic nitrogens is 4. The molecule has 3 rings (SSSR count). The molecule has 0 radical (unpaired) electrons. The average molecular weight is 306 g/mol. The van der Waals surface area contributed by atoms with Crippen LogP contribution in [0.25, 0.3) is 5.78 Å². The molecule has 2 aromatic heterocycles. The number of fused-ring (bicyclic) bond motifs is 1. The number of nitrogens with zero attached hydrogens (tertiary/aromatic N) is 4. The fraction of sp³-hybridized carbons (Fsp3) is 0.154. The van der Waals surface area contributed by atoms with E-state index >= 15 is 0 Å². The van der Waals surface area contributed by atoms with Crippen LogP contribution in [0.3, 0.4) is 0 Å². The lowest BCUT2D eigenvalue weighted by Gasteiger charge is -2.12. The van der Waals surface area contributed by atoms with Crippen molar-refractivity contribution in [3.63, 3.8) is 0 Å². The third kappa shape index (κ3) is 2.32. The molecule has 0 saturated carbocycles. The van der Waals surface area contributed by atoms with Crippen LogP contribution in [0.2, 0.25) is 5.15 Å². The normalized spacial score (nSPS) is 10.9. The number of anilines is 2. The van der Waals surface area contributed by atoms with Crippen molar-refractivity contribution in [2.24, 2.45) is 0 Å². The minimum Gasteiger partial charge on any atom is -0.340 e. The molecule has 2 heterocycles. The van der Waals surface area contributed by atoms with E-state index in [0.29, 0.717) is 10.9 Å². The van der Waals surface area contributed by atoms with Gasteiger partial charge in [-0.3, -0.25) is 0 Å². The summed E-state index contributed by atoms with van der Waals surface area (Å²) in [6.45, 7) is 1.90. The summed E-state index contributed by atoms with van der Waals surface area (Å²) in [5.41, 5.74) is 1.80. The molecule has 20 heavy (non-hydrogen) atoms. The van der Waals surface area contributed by atoms with Crippen molar-refractivity contribution < 1.29 is 0 Å². The average Bonchev–Trinajstić information content (AvgIpc) is 2.92. The molecule has 0 aliphatic carbocycles. The van der Waals surface area contributed by atoms with Crippen LogP contribution < -0.4 is 5.32 Å². The molecule has 3 aromatic rings. The molecule has 0 fully saturated rings. The van der Waals surface area contributed by atoms with Gasteiger partial charge in [-0.05, 0) is 31.4 Å². The van der Waals surface area contributed by atoms with E-state index in [9.17, 15) is 0 Å². The molecule has 0 bridgehead atoms. The van der Waals surface area contributed by atoms with E-state index in [0.717, 1.165) is 17.1 Å². The van der Waals surface area contributed by atoms with E-state index in [1.54, 1.807) is 16.3 Å². The second-order valence-corrected chi connectivity index (χ2v) is 5.44. The molecule has 0 unspecified atom stereocenters. The van der Waals surface area contributed by atoms with Crippen LogP contribution in [-0.4, -0.2) is 25.8 Å². The lowest BCUT2D eigenvalue weighted by Crippen LogP contribution is -2.05. The summed E-state index contributed by atoms with van der Waals surface area (Å²) in [5.74, 6) is 1.25. The van der Waals surface area contributed by atoms with E-state index in [4.69, 9.17) is 11.6 Å². The van der Waals surface area contributed by atoms with Gasteiger partial charge >= 0.3 is 0 Å². The Bertz CT molecular complexity index is 771. The maximum atomic E-state index is 6.14. The number of benzene rings is 1. The van der Waals surface area contributed by atoms with Crippen molar-refractivity contribution in [3.8, 4) is 0 Å². The van der Waals surface area contributed by atoms with Gasteiger partial charge in [0, 0.05) is 16.1 Å². The van der Waals surface area contributed by atoms with Crippen LogP contribution in [0.4, 0.5) is 11.5 Å². The second kappa shape index (κ2) is 5.30. The van der Waals surface area contributed by atoms with Crippen molar-refractivity contribution in [1.82, 2.24) is 19.6 Å². The third-order valence-electron chi connectivity index (χ3n) is 2.94. The van der Waals surface area contributed by atoms with Crippen LogP contribution in [-0.2, 0) is 0 Å². The van der Waals surface area contributed by atoms with Gasteiger partial charge < -0.3 is 5.32 Å². The largest absolute Gasteiger partial charge is 0.340 e. The number of nitrogens with one attached hydrogen (secondary N) is 1. The topological polar surface area (TPSA) is 55.1 Å². The first-order valence-electron chi connectivity index (χ1n) is 5.96. The predicted molar refractivity (Wildman–Crippen MR) is 82.0 cm³/mol. The zero-order chi connectivity index (χ0) is 14.1. The minimum atomic E-state index is 0.425. The highest BCUT2D eigenvalue weighted by Crippen LogP contribution is 2.27. The highest BCUT2D eigenvalue weighted by Gasteiger charge is 2.12. The maximum Gasteiger partial charge on any atom is 0.255 e. The predicted octanol–water partition coefficient (Wildman–Crippen LogP) is 3.55. The van der Waals surface area contributed by atoms with Crippen LogP contribution in [0.15, 0.2) is 35.5 Å². The highest BCUT2D eigenvalue weighted by atomic mass is 35.5. The second-order valence-electron chi connectivity index (χ2n) is 4.21. The summed E-state index contributed by atoms with van der Waals surface area (Å²) in [6.07, 6.45) is 3.50. The van der Waals surface area contributed by atoms with Gasteiger partial charge in [-0.1, -0.05) is 17.7 Å². The zero-order valence-electron chi connectivity index (χ0n) is 11.0. The lowest BCUT2D eigenvalue weighted by molar-refractivity contribution is 0.936. The lowest BCUT2D eigenvalue weighted by atomic mass is 10.3. The van der Waals surface area contributed by atoms with E-state index in [-0.39, 0.29) is 0 Å². The van der Waals surface area contributed by atoms with Crippen molar-refractivity contribution in [3.05, 3.63) is 41.3 Å². The van der Waals surface area contributed by atoms with Gasteiger partial charge in [-0.25, -0.2) is 0 Å². The van der Waals surface area contributed by atoms with Crippen molar-refractivity contribution in [2.75, 3.05) is 11.6 Å². The van der Waals surface area contributed by atoms with Gasteiger partial charge in [-0.15, -0.1) is 11.8 Å². The van der Waals surface area contributed by atoms with E-state index in [1.807, 2.05) is 25.3 Å². The molecular formula is C13H12ClN5S. The molecule has 5 nitrogen and oxygen atoms in total. The summed E-state index contributed by atoms with van der Waals surface area (Å²) < 4.78 is 1.65. The van der Waals surface area contributed by atoms with Gasteiger partial charge in [0.05, 0.1) is 0 Å². The van der Waals surface area contributed by atoms with Gasteiger partial charge in [0.1, 0.15) is 17.3 Å². The van der Waals surface area contributed by atoms with Crippen LogP contribution in [0.1, 0.15) is 5.56 Å². The fourth-order valence-electron chi connectivity index (χ4n) is 1.88. The van der Waals surface area contributed by atoms with E-state index in [2.05, 4.69) is 32.5 Å². The Morgan fingerprint density at radius 3 is 3.00 bits per heavy atom. The maximum absolute atomic E-state index is 6.14. The summed E-state index contributed by atoms with van der Waals surface area (Å²) in [5, 5.41) is 7.94. The zero-order valence-corrected chi connectivity index (χ0v) is 12.5. The monoisotopic (exact) mass is 305 g/mol. The summed E-state index contributed by atoms with van der Waals surface area (Å²) in [7, 11) is 0. The fourth-order valence-corrected chi connectivity index (χ4v) is 2.51. The number of hydrogen-bond acceptors (Lipinski definition) is 5. The first-order valence-corrected chi connectivity index (χ1v) is 7.56. The van der Waals surface area contributed by atoms with Crippen LogP contribution in [0.5, 0.6) is 0 Å². The Kier molecular flexibility index (Phi) is 3.50. The Hall–Kier alpha value is -1.79. The van der Waals surface area contributed by atoms with Crippen molar-refractivity contribution in [2.45, 2.75) is 11.8 Å². The molecule has 0 spiro atoms. The number of rotatable bonds is 3. The molecule has 1 N–H and O–H groups in total. The standard InChI is InChI=1S/C13H12ClN5S/c1-8-11(14)18-13-15-7-16-19(13)12(8)17-9-4-3-5-10(6-9)20-2/h3-7,17H,1-2H3. The summed E-state index contributed by atoms with van der Waals surface area (Å²) >= 11 is 7.83. The number of halogens is 1. The van der Waals surface area contributed by atoms with E-state index in [1.165, 1.54) is 11.2 Å². The molecule has 0 amide bonds. The van der Waals surface area contributed by atoms with Crippen molar-refractivity contribution in [1.29, 1.82) is 0 Å². The van der Waals surface area contributed by atoms with Crippen LogP contribution >= 0.6 is 23.4 Å².